The molecule has 15 heavy (non-hydrogen) atoms. The predicted molar refractivity (Wildman–Crippen MR) is 58.9 cm³/mol. The summed E-state index contributed by atoms with van der Waals surface area (Å²) < 4.78 is 0. The van der Waals surface area contributed by atoms with E-state index in [9.17, 15) is 9.59 Å². The van der Waals surface area contributed by atoms with Crippen molar-refractivity contribution in [3.05, 3.63) is 51.8 Å². The van der Waals surface area contributed by atoms with Crippen LogP contribution < -0.4 is 10.6 Å². The molecule has 3 aromatic carbocycles. The van der Waals surface area contributed by atoms with E-state index in [0.717, 1.165) is 10.8 Å². The Morgan fingerprint density at radius 2 is 1.60 bits per heavy atom. The SMILES string of the molecule is O=C=c1c(=O)c2cccc3cccc1c32. The molecule has 0 spiro atoms. The topological polar surface area (TPSA) is 34.1 Å². The van der Waals surface area contributed by atoms with Crippen molar-refractivity contribution in [2.24, 2.45) is 0 Å². The molecule has 0 aliphatic heterocycles. The quantitative estimate of drug-likeness (QED) is 0.535. The molecule has 70 valence electrons. The first-order valence-corrected chi connectivity index (χ1v) is 4.65. The molecule has 0 saturated heterocycles. The summed E-state index contributed by atoms with van der Waals surface area (Å²) in [5.74, 6) is 1.74. The van der Waals surface area contributed by atoms with E-state index in [1.165, 1.54) is 0 Å². The van der Waals surface area contributed by atoms with Crippen LogP contribution in [0.5, 0.6) is 0 Å². The molecule has 0 unspecified atom stereocenters. The van der Waals surface area contributed by atoms with E-state index in [4.69, 9.17) is 0 Å². The Labute approximate surface area is 84.8 Å². The molecule has 0 saturated carbocycles. The largest absolute Gasteiger partial charge is 0.288 e. The maximum absolute atomic E-state index is 11.8. The minimum atomic E-state index is -0.211. The molecule has 0 N–H and O–H groups in total. The molecule has 0 atom stereocenters. The summed E-state index contributed by atoms with van der Waals surface area (Å²) in [5.41, 5.74) is -0.211. The Hall–Kier alpha value is -2.18. The van der Waals surface area contributed by atoms with Crippen molar-refractivity contribution in [3.8, 4) is 0 Å². The monoisotopic (exact) mass is 194 g/mol. The van der Waals surface area contributed by atoms with Crippen LogP contribution in [0.4, 0.5) is 0 Å². The van der Waals surface area contributed by atoms with Gasteiger partial charge in [0.05, 0.1) is 0 Å². The summed E-state index contributed by atoms with van der Waals surface area (Å²) in [7, 11) is 0. The number of rotatable bonds is 0. The number of hydrogen-bond acceptors (Lipinski definition) is 2. The zero-order chi connectivity index (χ0) is 10.4. The van der Waals surface area contributed by atoms with Crippen LogP contribution in [0.15, 0.2) is 41.2 Å². The normalized spacial score (nSPS) is 10.9. The van der Waals surface area contributed by atoms with Gasteiger partial charge in [-0.15, -0.1) is 0 Å². The van der Waals surface area contributed by atoms with E-state index in [0.29, 0.717) is 10.8 Å². The summed E-state index contributed by atoms with van der Waals surface area (Å²) in [6, 6.07) is 11.1. The Morgan fingerprint density at radius 3 is 2.27 bits per heavy atom. The first-order valence-electron chi connectivity index (χ1n) is 4.65. The molecule has 0 radical (unpaired) electrons. The molecule has 3 aromatic rings. The van der Waals surface area contributed by atoms with Crippen molar-refractivity contribution in [2.75, 3.05) is 0 Å². The lowest BCUT2D eigenvalue weighted by molar-refractivity contribution is 0.567. The van der Waals surface area contributed by atoms with Gasteiger partial charge in [-0.25, -0.2) is 4.79 Å². The molecular formula is C13H6O2. The maximum Gasteiger partial charge on any atom is 0.205 e. The third-order valence-electron chi connectivity index (χ3n) is 2.75. The number of benzene rings is 2. The zero-order valence-electron chi connectivity index (χ0n) is 7.78. The van der Waals surface area contributed by atoms with Gasteiger partial charge in [0.25, 0.3) is 0 Å². The van der Waals surface area contributed by atoms with Gasteiger partial charge >= 0.3 is 0 Å². The molecule has 0 amide bonds. The Kier molecular flexibility index (Phi) is 1.44. The van der Waals surface area contributed by atoms with Crippen LogP contribution in [-0.2, 0) is 4.79 Å². The third-order valence-corrected chi connectivity index (χ3v) is 2.75. The van der Waals surface area contributed by atoms with E-state index in [-0.39, 0.29) is 10.6 Å². The highest BCUT2D eigenvalue weighted by molar-refractivity contribution is 6.12. The van der Waals surface area contributed by atoms with Gasteiger partial charge in [0.15, 0.2) is 0 Å². The fourth-order valence-corrected chi connectivity index (χ4v) is 2.10. The van der Waals surface area contributed by atoms with E-state index in [2.05, 4.69) is 0 Å². The van der Waals surface area contributed by atoms with Crippen molar-refractivity contribution in [2.45, 2.75) is 0 Å². The molecule has 3 rings (SSSR count). The van der Waals surface area contributed by atoms with Crippen LogP contribution in [0.1, 0.15) is 0 Å². The summed E-state index contributed by atoms with van der Waals surface area (Å²) >= 11 is 0. The first-order chi connectivity index (χ1) is 7.33. The molecule has 0 aliphatic carbocycles. The minimum Gasteiger partial charge on any atom is -0.288 e. The van der Waals surface area contributed by atoms with Gasteiger partial charge in [0, 0.05) is 16.2 Å². The molecule has 0 bridgehead atoms. The van der Waals surface area contributed by atoms with Gasteiger partial charge in [-0.05, 0) is 5.39 Å². The molecule has 0 aliphatic rings. The standard InChI is InChI=1S/C13H6O2/c14-7-11-9-5-1-3-8-4-2-6-10(12(8)9)13(11)15/h1-6H. The smallest absolute Gasteiger partial charge is 0.205 e. The summed E-state index contributed by atoms with van der Waals surface area (Å²) in [5, 5.41) is 3.35. The van der Waals surface area contributed by atoms with Crippen molar-refractivity contribution in [1.82, 2.24) is 0 Å². The molecule has 0 aromatic heterocycles. The van der Waals surface area contributed by atoms with Gasteiger partial charge in [-0.1, -0.05) is 36.4 Å². The van der Waals surface area contributed by atoms with Crippen LogP contribution >= 0.6 is 0 Å². The van der Waals surface area contributed by atoms with E-state index in [1.807, 2.05) is 24.3 Å². The average molecular weight is 194 g/mol. The van der Waals surface area contributed by atoms with Gasteiger partial charge < -0.3 is 0 Å². The molecule has 0 fully saturated rings. The second kappa shape index (κ2) is 2.66. The van der Waals surface area contributed by atoms with E-state index < -0.39 is 0 Å². The van der Waals surface area contributed by atoms with Crippen LogP contribution in [0.3, 0.4) is 0 Å². The van der Waals surface area contributed by atoms with Crippen LogP contribution in [0.25, 0.3) is 21.5 Å². The van der Waals surface area contributed by atoms with Crippen LogP contribution in [-0.4, -0.2) is 5.94 Å². The fraction of sp³-hybridized carbons (Fsp3) is 0. The third kappa shape index (κ3) is 0.888. The van der Waals surface area contributed by atoms with Gasteiger partial charge in [-0.3, -0.25) is 4.79 Å². The predicted octanol–water partition coefficient (Wildman–Crippen LogP) is 1.01. The van der Waals surface area contributed by atoms with Crippen LogP contribution in [0.2, 0.25) is 0 Å². The fourth-order valence-electron chi connectivity index (χ4n) is 2.10. The lowest BCUT2D eigenvalue weighted by Gasteiger charge is -1.95. The highest BCUT2D eigenvalue weighted by Crippen LogP contribution is 2.21. The van der Waals surface area contributed by atoms with Crippen molar-refractivity contribution in [3.63, 3.8) is 0 Å². The zero-order valence-corrected chi connectivity index (χ0v) is 7.78. The number of carbonyl (C=O) groups excluding carboxylic acids is 1. The van der Waals surface area contributed by atoms with E-state index in [1.54, 1.807) is 18.1 Å². The van der Waals surface area contributed by atoms with Crippen LogP contribution in [0, 0.1) is 0 Å². The first kappa shape index (κ1) is 8.16. The van der Waals surface area contributed by atoms with Gasteiger partial charge in [-0.2, -0.15) is 0 Å². The lowest BCUT2D eigenvalue weighted by atomic mass is 10.1. The van der Waals surface area contributed by atoms with Crippen molar-refractivity contribution in [1.29, 1.82) is 0 Å². The van der Waals surface area contributed by atoms with Gasteiger partial charge in [0.1, 0.15) is 11.2 Å². The van der Waals surface area contributed by atoms with Crippen molar-refractivity contribution >= 4 is 27.5 Å². The molecular weight excluding hydrogens is 188 g/mol. The number of hydrogen-bond donors (Lipinski definition) is 0. The van der Waals surface area contributed by atoms with Gasteiger partial charge in [0.2, 0.25) is 5.43 Å². The molecule has 2 nitrogen and oxygen atoms in total. The van der Waals surface area contributed by atoms with Crippen molar-refractivity contribution < 1.29 is 4.79 Å². The maximum atomic E-state index is 11.8. The Balaban J connectivity index is 2.94. The summed E-state index contributed by atoms with van der Waals surface area (Å²) in [6.45, 7) is 0. The second-order valence-corrected chi connectivity index (χ2v) is 3.52. The molecule has 2 heteroatoms. The highest BCUT2D eigenvalue weighted by Gasteiger charge is 2.10. The second-order valence-electron chi connectivity index (χ2n) is 3.52. The molecule has 0 heterocycles. The lowest BCUT2D eigenvalue weighted by Crippen LogP contribution is -2.20. The van der Waals surface area contributed by atoms with E-state index >= 15 is 0 Å². The summed E-state index contributed by atoms with van der Waals surface area (Å²) in [6.07, 6.45) is 0. The summed E-state index contributed by atoms with van der Waals surface area (Å²) in [4.78, 5) is 22.6. The Bertz CT molecular complexity index is 778. The highest BCUT2D eigenvalue weighted by atomic mass is 16.1. The Morgan fingerprint density at radius 1 is 0.933 bits per heavy atom. The minimum absolute atomic E-state index is 0.154. The average Bonchev–Trinajstić information content (AvgIpc) is 2.55.